The highest BCUT2D eigenvalue weighted by atomic mass is 16.5. The number of rotatable bonds is 4. The van der Waals surface area contributed by atoms with Gasteiger partial charge in [0.25, 0.3) is 0 Å². The molecule has 2 rings (SSSR count). The highest BCUT2D eigenvalue weighted by Gasteiger charge is 2.13. The molecular formula is C19H25NO. The predicted octanol–water partition coefficient (Wildman–Crippen LogP) is 5.19. The molecule has 0 saturated heterocycles. The fraction of sp³-hybridized carbons (Fsp3) is 0.368. The Balaban J connectivity index is 2.08. The Kier molecular flexibility index (Phi) is 4.69. The third kappa shape index (κ3) is 4.08. The molecule has 2 heteroatoms. The van der Waals surface area contributed by atoms with Gasteiger partial charge in [-0.05, 0) is 47.2 Å². The molecule has 0 spiro atoms. The summed E-state index contributed by atoms with van der Waals surface area (Å²) < 4.78 is 5.87. The predicted molar refractivity (Wildman–Crippen MR) is 88.9 cm³/mol. The van der Waals surface area contributed by atoms with Crippen LogP contribution in [0.25, 0.3) is 0 Å². The molecule has 0 aliphatic heterocycles. The highest BCUT2D eigenvalue weighted by molar-refractivity contribution is 5.36. The van der Waals surface area contributed by atoms with Gasteiger partial charge in [0.15, 0.2) is 0 Å². The fourth-order valence-electron chi connectivity index (χ4n) is 2.18. The summed E-state index contributed by atoms with van der Waals surface area (Å²) in [7, 11) is 0. The van der Waals surface area contributed by atoms with Crippen LogP contribution in [0.3, 0.4) is 0 Å². The van der Waals surface area contributed by atoms with E-state index in [1.54, 1.807) is 0 Å². The Hall–Kier alpha value is -1.80. The molecule has 2 nitrogen and oxygen atoms in total. The van der Waals surface area contributed by atoms with E-state index in [2.05, 4.69) is 39.8 Å². The van der Waals surface area contributed by atoms with Gasteiger partial charge in [-0.1, -0.05) is 52.0 Å². The first kappa shape index (κ1) is 15.6. The molecule has 0 radical (unpaired) electrons. The van der Waals surface area contributed by atoms with Crippen molar-refractivity contribution >= 4 is 0 Å². The van der Waals surface area contributed by atoms with Gasteiger partial charge in [0.1, 0.15) is 11.5 Å². The Bertz CT molecular complexity index is 564. The molecule has 1 atom stereocenters. The smallest absolute Gasteiger partial charge is 0.127 e. The Labute approximate surface area is 127 Å². The summed E-state index contributed by atoms with van der Waals surface area (Å²) in [6.45, 7) is 8.71. The van der Waals surface area contributed by atoms with Crippen LogP contribution in [0, 0.1) is 0 Å². The van der Waals surface area contributed by atoms with E-state index in [-0.39, 0.29) is 11.5 Å². The zero-order valence-electron chi connectivity index (χ0n) is 13.4. The van der Waals surface area contributed by atoms with Gasteiger partial charge in [-0.2, -0.15) is 0 Å². The van der Waals surface area contributed by atoms with E-state index in [1.165, 1.54) is 5.56 Å². The first-order valence-electron chi connectivity index (χ1n) is 7.54. The van der Waals surface area contributed by atoms with Gasteiger partial charge >= 0.3 is 0 Å². The third-order valence-corrected chi connectivity index (χ3v) is 3.70. The van der Waals surface area contributed by atoms with E-state index in [4.69, 9.17) is 10.5 Å². The monoisotopic (exact) mass is 283 g/mol. The molecule has 2 aromatic rings. The van der Waals surface area contributed by atoms with Crippen molar-refractivity contribution in [2.45, 2.75) is 45.6 Å². The molecule has 0 aliphatic carbocycles. The van der Waals surface area contributed by atoms with Crippen LogP contribution in [0.2, 0.25) is 0 Å². The Morgan fingerprint density at radius 2 is 1.38 bits per heavy atom. The minimum Gasteiger partial charge on any atom is -0.457 e. The summed E-state index contributed by atoms with van der Waals surface area (Å²) in [5.41, 5.74) is 8.63. The molecule has 2 N–H and O–H groups in total. The Morgan fingerprint density at radius 1 is 0.905 bits per heavy atom. The molecule has 0 saturated carbocycles. The van der Waals surface area contributed by atoms with Crippen molar-refractivity contribution < 1.29 is 4.74 Å². The van der Waals surface area contributed by atoms with Gasteiger partial charge in [-0.25, -0.2) is 0 Å². The second-order valence-corrected chi connectivity index (χ2v) is 6.46. The molecule has 0 unspecified atom stereocenters. The summed E-state index contributed by atoms with van der Waals surface area (Å²) in [5.74, 6) is 1.70. The first-order chi connectivity index (χ1) is 9.90. The summed E-state index contributed by atoms with van der Waals surface area (Å²) >= 11 is 0. The van der Waals surface area contributed by atoms with Gasteiger partial charge in [-0.15, -0.1) is 0 Å². The largest absolute Gasteiger partial charge is 0.457 e. The van der Waals surface area contributed by atoms with Crippen LogP contribution in [-0.2, 0) is 5.41 Å². The molecule has 2 aromatic carbocycles. The lowest BCUT2D eigenvalue weighted by Crippen LogP contribution is -2.10. The van der Waals surface area contributed by atoms with Crippen molar-refractivity contribution in [2.24, 2.45) is 5.73 Å². The van der Waals surface area contributed by atoms with E-state index in [0.717, 1.165) is 23.5 Å². The van der Waals surface area contributed by atoms with Gasteiger partial charge in [0, 0.05) is 6.04 Å². The number of hydrogen-bond donors (Lipinski definition) is 1. The van der Waals surface area contributed by atoms with E-state index in [9.17, 15) is 0 Å². The van der Waals surface area contributed by atoms with Crippen LogP contribution in [0.4, 0.5) is 0 Å². The molecule has 0 heterocycles. The number of hydrogen-bond acceptors (Lipinski definition) is 2. The molecule has 0 aromatic heterocycles. The maximum Gasteiger partial charge on any atom is 0.127 e. The maximum atomic E-state index is 6.01. The average molecular weight is 283 g/mol. The van der Waals surface area contributed by atoms with Crippen molar-refractivity contribution in [3.63, 3.8) is 0 Å². The summed E-state index contributed by atoms with van der Waals surface area (Å²) in [5, 5.41) is 0. The summed E-state index contributed by atoms with van der Waals surface area (Å²) in [6, 6.07) is 16.4. The van der Waals surface area contributed by atoms with Crippen molar-refractivity contribution in [1.29, 1.82) is 0 Å². The van der Waals surface area contributed by atoms with Crippen molar-refractivity contribution in [1.82, 2.24) is 0 Å². The zero-order valence-corrected chi connectivity index (χ0v) is 13.4. The fourth-order valence-corrected chi connectivity index (χ4v) is 2.18. The molecule has 112 valence electrons. The third-order valence-electron chi connectivity index (χ3n) is 3.70. The minimum atomic E-state index is 0.102. The SMILES string of the molecule is CC[C@H](N)c1ccc(Oc2ccc(C(C)(C)C)cc2)cc1. The molecule has 0 aliphatic rings. The second kappa shape index (κ2) is 6.31. The first-order valence-corrected chi connectivity index (χ1v) is 7.54. The molecule has 21 heavy (non-hydrogen) atoms. The molecule has 0 bridgehead atoms. The van der Waals surface area contributed by atoms with Crippen molar-refractivity contribution in [3.05, 3.63) is 59.7 Å². The molecule has 0 fully saturated rings. The van der Waals surface area contributed by atoms with Gasteiger partial charge in [-0.3, -0.25) is 0 Å². The number of benzene rings is 2. The lowest BCUT2D eigenvalue weighted by molar-refractivity contribution is 0.481. The quantitative estimate of drug-likeness (QED) is 0.838. The van der Waals surface area contributed by atoms with Gasteiger partial charge in [0.05, 0.1) is 0 Å². The summed E-state index contributed by atoms with van der Waals surface area (Å²) in [4.78, 5) is 0. The lowest BCUT2D eigenvalue weighted by atomic mass is 9.87. The van der Waals surface area contributed by atoms with Crippen molar-refractivity contribution in [3.8, 4) is 11.5 Å². The van der Waals surface area contributed by atoms with Crippen LogP contribution in [0.5, 0.6) is 11.5 Å². The van der Waals surface area contributed by atoms with E-state index < -0.39 is 0 Å². The standard InChI is InChI=1S/C19H25NO/c1-5-18(20)14-6-10-16(11-7-14)21-17-12-8-15(9-13-17)19(2,3)4/h6-13,18H,5,20H2,1-4H3/t18-/m0/s1. The average Bonchev–Trinajstić information content (AvgIpc) is 2.47. The van der Waals surface area contributed by atoms with Crippen LogP contribution >= 0.6 is 0 Å². The molecular weight excluding hydrogens is 258 g/mol. The van der Waals surface area contributed by atoms with E-state index in [1.807, 2.05) is 36.4 Å². The maximum absolute atomic E-state index is 6.01. The topological polar surface area (TPSA) is 35.2 Å². The van der Waals surface area contributed by atoms with Crippen LogP contribution in [-0.4, -0.2) is 0 Å². The normalized spacial score (nSPS) is 13.0. The zero-order chi connectivity index (χ0) is 15.5. The number of ether oxygens (including phenoxy) is 1. The van der Waals surface area contributed by atoms with E-state index in [0.29, 0.717) is 0 Å². The van der Waals surface area contributed by atoms with E-state index >= 15 is 0 Å². The minimum absolute atomic E-state index is 0.102. The molecule has 0 amide bonds. The highest BCUT2D eigenvalue weighted by Crippen LogP contribution is 2.27. The van der Waals surface area contributed by atoms with Gasteiger partial charge in [0.2, 0.25) is 0 Å². The van der Waals surface area contributed by atoms with Crippen molar-refractivity contribution in [2.75, 3.05) is 0 Å². The number of nitrogens with two attached hydrogens (primary N) is 1. The summed E-state index contributed by atoms with van der Waals surface area (Å²) in [6.07, 6.45) is 0.939. The Morgan fingerprint density at radius 3 is 1.81 bits per heavy atom. The van der Waals surface area contributed by atoms with Crippen LogP contribution in [0.1, 0.15) is 51.3 Å². The van der Waals surface area contributed by atoms with Crippen LogP contribution < -0.4 is 10.5 Å². The van der Waals surface area contributed by atoms with Gasteiger partial charge < -0.3 is 10.5 Å². The lowest BCUT2D eigenvalue weighted by Gasteiger charge is -2.19. The second-order valence-electron chi connectivity index (χ2n) is 6.46. The van der Waals surface area contributed by atoms with Crippen LogP contribution in [0.15, 0.2) is 48.5 Å².